The van der Waals surface area contributed by atoms with Crippen molar-refractivity contribution in [3.63, 3.8) is 0 Å². The van der Waals surface area contributed by atoms with Crippen LogP contribution in [-0.2, 0) is 0 Å². The minimum atomic E-state index is 0.387. The van der Waals surface area contributed by atoms with Crippen LogP contribution in [-0.4, -0.2) is 12.3 Å². The molecule has 1 aliphatic heterocycles. The molecule has 0 bridgehead atoms. The molecule has 0 radical (unpaired) electrons. The Kier molecular flexibility index (Phi) is 2.41. The Morgan fingerprint density at radius 2 is 1.83 bits per heavy atom. The van der Waals surface area contributed by atoms with Gasteiger partial charge in [0.15, 0.2) is 0 Å². The molecule has 0 atom stereocenters. The van der Waals surface area contributed by atoms with Crippen LogP contribution in [0.3, 0.4) is 0 Å². The molecule has 0 spiro atoms. The molecule has 0 amide bonds. The van der Waals surface area contributed by atoms with Crippen LogP contribution >= 0.6 is 0 Å². The molecule has 0 saturated heterocycles. The number of hydrogen-bond donors (Lipinski definition) is 0. The molecule has 68 valence electrons. The zero-order chi connectivity index (χ0) is 9.35. The predicted molar refractivity (Wildman–Crippen MR) is 54.7 cm³/mol. The lowest BCUT2D eigenvalue weighted by Gasteiger charge is -2.19. The summed E-state index contributed by atoms with van der Waals surface area (Å²) in [5, 5.41) is 0. The van der Waals surface area contributed by atoms with Crippen molar-refractivity contribution in [2.45, 2.75) is 41.0 Å². The summed E-state index contributed by atoms with van der Waals surface area (Å²) in [4.78, 5) is 4.43. The summed E-state index contributed by atoms with van der Waals surface area (Å²) in [6, 6.07) is 0. The van der Waals surface area contributed by atoms with Crippen molar-refractivity contribution in [1.82, 2.24) is 0 Å². The first-order valence-electron chi connectivity index (χ1n) is 4.60. The van der Waals surface area contributed by atoms with Crippen molar-refractivity contribution < 1.29 is 0 Å². The van der Waals surface area contributed by atoms with Gasteiger partial charge in [-0.25, -0.2) is 0 Å². The maximum Gasteiger partial charge on any atom is 0.0606 e. The van der Waals surface area contributed by atoms with E-state index in [9.17, 15) is 0 Å². The van der Waals surface area contributed by atoms with Gasteiger partial charge in [-0.15, -0.1) is 0 Å². The minimum absolute atomic E-state index is 0.387. The van der Waals surface area contributed by atoms with Crippen LogP contribution in [0.2, 0.25) is 0 Å². The van der Waals surface area contributed by atoms with Gasteiger partial charge in [-0.05, 0) is 36.8 Å². The normalized spacial score (nSPS) is 18.6. The Morgan fingerprint density at radius 1 is 1.25 bits per heavy atom. The first-order chi connectivity index (χ1) is 5.40. The van der Waals surface area contributed by atoms with E-state index in [1.165, 1.54) is 16.9 Å². The van der Waals surface area contributed by atoms with Gasteiger partial charge in [0.1, 0.15) is 0 Å². The first-order valence-corrected chi connectivity index (χ1v) is 4.60. The predicted octanol–water partition coefficient (Wildman–Crippen LogP) is 3.21. The fourth-order valence-corrected chi connectivity index (χ4v) is 1.55. The highest BCUT2D eigenvalue weighted by molar-refractivity contribution is 6.00. The van der Waals surface area contributed by atoms with Crippen molar-refractivity contribution in [2.75, 3.05) is 6.54 Å². The fourth-order valence-electron chi connectivity index (χ4n) is 1.55. The third-order valence-electron chi connectivity index (χ3n) is 2.21. The van der Waals surface area contributed by atoms with Crippen LogP contribution in [0, 0.1) is 5.41 Å². The average molecular weight is 165 g/mol. The topological polar surface area (TPSA) is 12.4 Å². The van der Waals surface area contributed by atoms with Gasteiger partial charge < -0.3 is 0 Å². The van der Waals surface area contributed by atoms with E-state index in [1.807, 2.05) is 0 Å². The molecule has 1 nitrogen and oxygen atoms in total. The van der Waals surface area contributed by atoms with Gasteiger partial charge in [-0.1, -0.05) is 20.8 Å². The van der Waals surface area contributed by atoms with E-state index in [-0.39, 0.29) is 0 Å². The van der Waals surface area contributed by atoms with Crippen LogP contribution in [0.25, 0.3) is 0 Å². The zero-order valence-electron chi connectivity index (χ0n) is 8.86. The molecule has 1 heterocycles. The zero-order valence-corrected chi connectivity index (χ0v) is 8.86. The van der Waals surface area contributed by atoms with Gasteiger partial charge >= 0.3 is 0 Å². The van der Waals surface area contributed by atoms with Gasteiger partial charge in [-0.2, -0.15) is 0 Å². The minimum Gasteiger partial charge on any atom is -0.285 e. The molecule has 0 N–H and O–H groups in total. The molecule has 0 unspecified atom stereocenters. The molecule has 1 aliphatic rings. The third kappa shape index (κ3) is 2.20. The fraction of sp³-hybridized carbons (Fsp3) is 0.727. The van der Waals surface area contributed by atoms with Crippen molar-refractivity contribution in [1.29, 1.82) is 0 Å². The third-order valence-corrected chi connectivity index (χ3v) is 2.21. The molecule has 0 saturated carbocycles. The quantitative estimate of drug-likeness (QED) is 0.565. The van der Waals surface area contributed by atoms with E-state index in [2.05, 4.69) is 39.6 Å². The van der Waals surface area contributed by atoms with Gasteiger partial charge in [0.25, 0.3) is 0 Å². The summed E-state index contributed by atoms with van der Waals surface area (Å²) in [6.07, 6.45) is 1.16. The van der Waals surface area contributed by atoms with Crippen molar-refractivity contribution in [2.24, 2.45) is 10.4 Å². The second-order valence-corrected chi connectivity index (χ2v) is 4.90. The lowest BCUT2D eigenvalue weighted by Crippen LogP contribution is -2.09. The monoisotopic (exact) mass is 165 g/mol. The second kappa shape index (κ2) is 3.04. The van der Waals surface area contributed by atoms with Gasteiger partial charge in [-0.3, -0.25) is 4.99 Å². The maximum absolute atomic E-state index is 4.43. The molecule has 1 rings (SSSR count). The highest BCUT2D eigenvalue weighted by Crippen LogP contribution is 2.29. The van der Waals surface area contributed by atoms with E-state index in [0.29, 0.717) is 5.41 Å². The first kappa shape index (κ1) is 9.50. The molecule has 0 aromatic rings. The summed E-state index contributed by atoms with van der Waals surface area (Å²) in [5.74, 6) is 0. The molecule has 1 heteroatoms. The summed E-state index contributed by atoms with van der Waals surface area (Å²) >= 11 is 0. The van der Waals surface area contributed by atoms with Crippen LogP contribution in [0.4, 0.5) is 0 Å². The largest absolute Gasteiger partial charge is 0.285 e. The number of rotatable bonds is 1. The Bertz CT molecular complexity index is 238. The number of aliphatic imine (C=N–C) groups is 1. The van der Waals surface area contributed by atoms with E-state index in [1.54, 1.807) is 0 Å². The van der Waals surface area contributed by atoms with Crippen molar-refractivity contribution in [3.8, 4) is 0 Å². The lowest BCUT2D eigenvalue weighted by atomic mass is 9.85. The van der Waals surface area contributed by atoms with E-state index in [0.717, 1.165) is 13.0 Å². The van der Waals surface area contributed by atoms with E-state index < -0.39 is 0 Å². The highest BCUT2D eigenvalue weighted by Gasteiger charge is 2.19. The van der Waals surface area contributed by atoms with Crippen molar-refractivity contribution >= 4 is 5.71 Å². The molecular weight excluding hydrogens is 146 g/mol. The summed E-state index contributed by atoms with van der Waals surface area (Å²) < 4.78 is 0. The van der Waals surface area contributed by atoms with Crippen LogP contribution in [0.5, 0.6) is 0 Å². The smallest absolute Gasteiger partial charge is 0.0606 e. The molecule has 0 aliphatic carbocycles. The summed E-state index contributed by atoms with van der Waals surface area (Å²) in [7, 11) is 0. The SMILES string of the molecule is CC1=NCC(C)=C1CC(C)(C)C. The molecule has 0 fully saturated rings. The Labute approximate surface area is 75.6 Å². The van der Waals surface area contributed by atoms with Gasteiger partial charge in [0.2, 0.25) is 0 Å². The van der Waals surface area contributed by atoms with Gasteiger partial charge in [0.05, 0.1) is 6.54 Å². The summed E-state index contributed by atoms with van der Waals surface area (Å²) in [5.41, 5.74) is 4.59. The number of nitrogens with zero attached hydrogens (tertiary/aromatic N) is 1. The highest BCUT2D eigenvalue weighted by atomic mass is 14.8. The maximum atomic E-state index is 4.43. The summed E-state index contributed by atoms with van der Waals surface area (Å²) in [6.45, 7) is 12.1. The molecule has 0 aromatic heterocycles. The van der Waals surface area contributed by atoms with Gasteiger partial charge in [0, 0.05) is 5.71 Å². The molecular formula is C11H19N. The standard InChI is InChI=1S/C11H19N/c1-8-7-12-9(2)10(8)6-11(3,4)5/h6-7H2,1-5H3. The molecule has 0 aromatic carbocycles. The lowest BCUT2D eigenvalue weighted by molar-refractivity contribution is 0.414. The Morgan fingerprint density at radius 3 is 2.17 bits per heavy atom. The second-order valence-electron chi connectivity index (χ2n) is 4.90. The van der Waals surface area contributed by atoms with Crippen LogP contribution in [0.1, 0.15) is 41.0 Å². The molecule has 12 heavy (non-hydrogen) atoms. The van der Waals surface area contributed by atoms with Crippen LogP contribution in [0.15, 0.2) is 16.1 Å². The number of hydrogen-bond acceptors (Lipinski definition) is 1. The van der Waals surface area contributed by atoms with Crippen LogP contribution < -0.4 is 0 Å². The van der Waals surface area contributed by atoms with Crippen molar-refractivity contribution in [3.05, 3.63) is 11.1 Å². The average Bonchev–Trinajstić information content (AvgIpc) is 2.16. The number of allylic oxidation sites excluding steroid dienone is 1. The Balaban J connectivity index is 2.76. The van der Waals surface area contributed by atoms with E-state index >= 15 is 0 Å². The van der Waals surface area contributed by atoms with E-state index in [4.69, 9.17) is 0 Å². The Hall–Kier alpha value is -0.590.